The molecule has 0 unspecified atom stereocenters. The Hall–Kier alpha value is -2.28. The van der Waals surface area contributed by atoms with Crippen LogP contribution in [0.4, 0.5) is 0 Å². The highest BCUT2D eigenvalue weighted by Crippen LogP contribution is 2.23. The average molecular weight is 290 g/mol. The summed E-state index contributed by atoms with van der Waals surface area (Å²) in [5.74, 6) is 1.13. The van der Waals surface area contributed by atoms with Crippen LogP contribution in [0.2, 0.25) is 0 Å². The molecule has 0 aliphatic rings. The fraction of sp³-hybridized carbons (Fsp3) is 0.154. The van der Waals surface area contributed by atoms with E-state index in [2.05, 4.69) is 9.97 Å². The van der Waals surface area contributed by atoms with Gasteiger partial charge in [0.2, 0.25) is 0 Å². The zero-order chi connectivity index (χ0) is 14.5. The number of aromatic amines is 1. The topological polar surface area (TPSA) is 105 Å². The molecule has 4 N–H and O–H groups in total. The minimum Gasteiger partial charge on any atom is -0.496 e. The van der Waals surface area contributed by atoms with Gasteiger partial charge in [0.25, 0.3) is 5.56 Å². The average Bonchev–Trinajstić information content (AvgIpc) is 2.45. The van der Waals surface area contributed by atoms with Crippen molar-refractivity contribution < 1.29 is 4.74 Å². The molecule has 0 spiro atoms. The summed E-state index contributed by atoms with van der Waals surface area (Å²) in [5, 5.41) is 8.09. The van der Waals surface area contributed by atoms with Gasteiger partial charge in [0.05, 0.1) is 12.7 Å². The summed E-state index contributed by atoms with van der Waals surface area (Å²) in [5.41, 5.74) is 6.86. The van der Waals surface area contributed by atoms with Crippen LogP contribution in [0, 0.1) is 5.41 Å². The van der Waals surface area contributed by atoms with Crippen LogP contribution in [0.15, 0.2) is 40.4 Å². The molecule has 0 saturated heterocycles. The Kier molecular flexibility index (Phi) is 4.41. The Morgan fingerprint density at radius 1 is 1.50 bits per heavy atom. The van der Waals surface area contributed by atoms with Gasteiger partial charge in [-0.05, 0) is 17.7 Å². The number of hydrogen-bond donors (Lipinski definition) is 3. The van der Waals surface area contributed by atoms with Crippen LogP contribution < -0.4 is 16.0 Å². The first-order valence-corrected chi connectivity index (χ1v) is 6.78. The van der Waals surface area contributed by atoms with Crippen LogP contribution in [0.25, 0.3) is 0 Å². The summed E-state index contributed by atoms with van der Waals surface area (Å²) in [6, 6.07) is 6.83. The van der Waals surface area contributed by atoms with Gasteiger partial charge >= 0.3 is 0 Å². The van der Waals surface area contributed by atoms with Crippen molar-refractivity contribution in [3.63, 3.8) is 0 Å². The van der Waals surface area contributed by atoms with Crippen molar-refractivity contribution in [2.24, 2.45) is 5.73 Å². The first kappa shape index (κ1) is 14.1. The Morgan fingerprint density at radius 2 is 2.30 bits per heavy atom. The van der Waals surface area contributed by atoms with Gasteiger partial charge in [-0.2, -0.15) is 0 Å². The van der Waals surface area contributed by atoms with Crippen LogP contribution in [0.5, 0.6) is 5.75 Å². The number of benzene rings is 1. The predicted molar refractivity (Wildman–Crippen MR) is 78.4 cm³/mol. The molecule has 0 atom stereocenters. The van der Waals surface area contributed by atoms with Gasteiger partial charge in [-0.25, -0.2) is 4.98 Å². The molecule has 0 bridgehead atoms. The molecule has 2 aromatic rings. The number of methoxy groups -OCH3 is 1. The number of nitrogens with zero attached hydrogens (tertiary/aromatic N) is 1. The lowest BCUT2D eigenvalue weighted by atomic mass is 10.1. The van der Waals surface area contributed by atoms with E-state index in [-0.39, 0.29) is 11.4 Å². The van der Waals surface area contributed by atoms with Crippen molar-refractivity contribution in [2.75, 3.05) is 7.11 Å². The van der Waals surface area contributed by atoms with E-state index in [0.29, 0.717) is 22.2 Å². The first-order chi connectivity index (χ1) is 9.60. The molecule has 0 radical (unpaired) electrons. The van der Waals surface area contributed by atoms with Gasteiger partial charge in [-0.15, -0.1) is 0 Å². The summed E-state index contributed by atoms with van der Waals surface area (Å²) in [4.78, 5) is 17.9. The molecule has 0 fully saturated rings. The molecule has 1 aromatic carbocycles. The molecule has 0 aliphatic carbocycles. The maximum Gasteiger partial charge on any atom is 0.251 e. The second kappa shape index (κ2) is 6.25. The van der Waals surface area contributed by atoms with Gasteiger partial charge in [-0.3, -0.25) is 10.2 Å². The predicted octanol–water partition coefficient (Wildman–Crippen LogP) is 1.35. The third kappa shape index (κ3) is 3.39. The van der Waals surface area contributed by atoms with Crippen molar-refractivity contribution in [3.8, 4) is 5.75 Å². The summed E-state index contributed by atoms with van der Waals surface area (Å²) in [6.45, 7) is 0. The Morgan fingerprint density at radius 3 is 2.95 bits per heavy atom. The minimum absolute atomic E-state index is 0.0417. The van der Waals surface area contributed by atoms with Crippen LogP contribution >= 0.6 is 11.8 Å². The third-order valence-electron chi connectivity index (χ3n) is 2.58. The molecular formula is C13H14N4O2S. The molecule has 0 aliphatic heterocycles. The van der Waals surface area contributed by atoms with E-state index in [1.807, 2.05) is 6.07 Å². The van der Waals surface area contributed by atoms with Crippen molar-refractivity contribution >= 4 is 17.6 Å². The normalized spacial score (nSPS) is 10.2. The lowest BCUT2D eigenvalue weighted by Gasteiger charge is -2.09. The molecule has 20 heavy (non-hydrogen) atoms. The van der Waals surface area contributed by atoms with Gasteiger partial charge < -0.3 is 15.5 Å². The van der Waals surface area contributed by atoms with E-state index in [1.165, 1.54) is 31.1 Å². The maximum absolute atomic E-state index is 11.2. The highest BCUT2D eigenvalue weighted by atomic mass is 32.2. The summed E-state index contributed by atoms with van der Waals surface area (Å²) < 4.78 is 5.15. The van der Waals surface area contributed by atoms with E-state index in [4.69, 9.17) is 15.9 Å². The van der Waals surface area contributed by atoms with Crippen LogP contribution in [-0.4, -0.2) is 22.9 Å². The van der Waals surface area contributed by atoms with Crippen molar-refractivity contribution in [1.29, 1.82) is 5.41 Å². The molecule has 1 aromatic heterocycles. The largest absolute Gasteiger partial charge is 0.496 e. The number of amidine groups is 1. The van der Waals surface area contributed by atoms with E-state index < -0.39 is 0 Å². The Balaban J connectivity index is 2.16. The number of nitrogen functional groups attached to an aromatic ring is 1. The van der Waals surface area contributed by atoms with Crippen LogP contribution in [0.1, 0.15) is 11.1 Å². The Bertz CT molecular complexity index is 684. The summed E-state index contributed by atoms with van der Waals surface area (Å²) >= 11 is 1.40. The van der Waals surface area contributed by atoms with Gasteiger partial charge in [0.1, 0.15) is 11.6 Å². The molecule has 2 rings (SSSR count). The van der Waals surface area contributed by atoms with Crippen LogP contribution in [0.3, 0.4) is 0 Å². The fourth-order valence-corrected chi connectivity index (χ4v) is 2.42. The fourth-order valence-electron chi connectivity index (χ4n) is 1.63. The van der Waals surface area contributed by atoms with E-state index in [0.717, 1.165) is 5.56 Å². The maximum atomic E-state index is 11.2. The van der Waals surface area contributed by atoms with Gasteiger partial charge in [-0.1, -0.05) is 17.8 Å². The second-order valence-electron chi connectivity index (χ2n) is 3.98. The highest BCUT2D eigenvalue weighted by molar-refractivity contribution is 7.98. The molecule has 6 nitrogen and oxygen atoms in total. The minimum atomic E-state index is -0.179. The summed E-state index contributed by atoms with van der Waals surface area (Å²) in [6.07, 6.45) is 1.47. The van der Waals surface area contributed by atoms with E-state index in [1.54, 1.807) is 12.1 Å². The summed E-state index contributed by atoms with van der Waals surface area (Å²) in [7, 11) is 1.54. The third-order valence-corrected chi connectivity index (χ3v) is 3.54. The number of nitrogens with two attached hydrogens (primary N) is 1. The smallest absolute Gasteiger partial charge is 0.251 e. The number of aromatic nitrogens is 2. The highest BCUT2D eigenvalue weighted by Gasteiger charge is 2.08. The van der Waals surface area contributed by atoms with Gasteiger partial charge in [0.15, 0.2) is 5.16 Å². The van der Waals surface area contributed by atoms with Gasteiger partial charge in [0, 0.05) is 18.0 Å². The standard InChI is InChI=1S/C13H14N4O2S/c1-19-10-3-2-8(6-9(10)12(14)15)7-20-13-16-5-4-11(18)17-13/h2-6H,7H2,1H3,(H3,14,15)(H,16,17,18). The molecule has 0 amide bonds. The quantitative estimate of drug-likeness (QED) is 0.334. The molecule has 1 heterocycles. The number of hydrogen-bond acceptors (Lipinski definition) is 5. The zero-order valence-corrected chi connectivity index (χ0v) is 11.7. The molecule has 7 heteroatoms. The van der Waals surface area contributed by atoms with E-state index in [9.17, 15) is 4.79 Å². The number of ether oxygens (including phenoxy) is 1. The Labute approximate surface area is 119 Å². The molecular weight excluding hydrogens is 276 g/mol. The first-order valence-electron chi connectivity index (χ1n) is 5.79. The number of H-pyrrole nitrogens is 1. The second-order valence-corrected chi connectivity index (χ2v) is 4.94. The number of nitrogens with one attached hydrogen (secondary N) is 2. The lowest BCUT2D eigenvalue weighted by molar-refractivity contribution is 0.413. The zero-order valence-electron chi connectivity index (χ0n) is 10.8. The lowest BCUT2D eigenvalue weighted by Crippen LogP contribution is -2.13. The number of rotatable bonds is 5. The van der Waals surface area contributed by atoms with Crippen molar-refractivity contribution in [3.05, 3.63) is 51.9 Å². The van der Waals surface area contributed by atoms with Crippen molar-refractivity contribution in [1.82, 2.24) is 9.97 Å². The molecule has 104 valence electrons. The molecule has 0 saturated carbocycles. The number of thioether (sulfide) groups is 1. The monoisotopic (exact) mass is 290 g/mol. The van der Waals surface area contributed by atoms with Crippen LogP contribution in [-0.2, 0) is 5.75 Å². The van der Waals surface area contributed by atoms with E-state index >= 15 is 0 Å². The van der Waals surface area contributed by atoms with Crippen molar-refractivity contribution in [2.45, 2.75) is 10.9 Å². The SMILES string of the molecule is COc1ccc(CSc2nccc(=O)[nH]2)cc1C(=N)N.